The molecule has 1 saturated heterocycles. The molecule has 0 aromatic heterocycles. The van der Waals surface area contributed by atoms with E-state index < -0.39 is 18.2 Å². The van der Waals surface area contributed by atoms with Crippen molar-refractivity contribution in [2.24, 2.45) is 0 Å². The van der Waals surface area contributed by atoms with E-state index in [1.807, 2.05) is 0 Å². The number of carboxylic acid groups (broad SMARTS) is 1. The lowest BCUT2D eigenvalue weighted by Crippen LogP contribution is -2.54. The van der Waals surface area contributed by atoms with E-state index in [-0.39, 0.29) is 18.6 Å². The zero-order valence-electron chi connectivity index (χ0n) is 12.7. The van der Waals surface area contributed by atoms with Gasteiger partial charge < -0.3 is 19.5 Å². The Morgan fingerprint density at radius 1 is 1.30 bits per heavy atom. The Labute approximate surface area is 143 Å². The van der Waals surface area contributed by atoms with Crippen molar-refractivity contribution in [1.82, 2.24) is 4.90 Å². The molecule has 1 aliphatic rings. The zero-order chi connectivity index (χ0) is 17.1. The number of morpholine rings is 1. The molecule has 0 saturated carbocycles. The number of carbonyl (C=O) groups excluding carboxylic acids is 1. The van der Waals surface area contributed by atoms with E-state index in [2.05, 4.69) is 0 Å². The molecule has 1 aromatic rings. The average molecular weight is 362 g/mol. The second-order valence-corrected chi connectivity index (χ2v) is 6.25. The van der Waals surface area contributed by atoms with Crippen LogP contribution in [0.3, 0.4) is 0 Å². The molecule has 0 aliphatic carbocycles. The molecule has 23 heavy (non-hydrogen) atoms. The van der Waals surface area contributed by atoms with Crippen LogP contribution in [0.5, 0.6) is 5.75 Å². The Kier molecular flexibility index (Phi) is 5.73. The fourth-order valence-corrected chi connectivity index (χ4v) is 2.88. The Balaban J connectivity index is 2.05. The van der Waals surface area contributed by atoms with Gasteiger partial charge in [-0.1, -0.05) is 23.2 Å². The summed E-state index contributed by atoms with van der Waals surface area (Å²) in [5, 5.41) is 9.87. The smallest absolute Gasteiger partial charge is 0.334 e. The maximum Gasteiger partial charge on any atom is 0.334 e. The summed E-state index contributed by atoms with van der Waals surface area (Å²) in [7, 11) is 0. The highest BCUT2D eigenvalue weighted by atomic mass is 35.5. The van der Waals surface area contributed by atoms with Gasteiger partial charge in [0.15, 0.2) is 12.2 Å². The van der Waals surface area contributed by atoms with Crippen molar-refractivity contribution < 1.29 is 24.2 Å². The number of rotatable bonds is 4. The molecule has 0 bridgehead atoms. The summed E-state index contributed by atoms with van der Waals surface area (Å²) in [5.41, 5.74) is 0. The predicted octanol–water partition coefficient (Wildman–Crippen LogP) is 2.46. The standard InChI is InChI=1S/C15H17Cl2NO5/c1-8-6-18(7-13(22-8)15(20)21)14(19)9(2)23-12-4-10(16)3-11(17)5-12/h3-5,8-9,13H,6-7H2,1-2H3,(H,20,21)/t8-,9?,13?/m1/s1. The normalized spacial score (nSPS) is 22.5. The van der Waals surface area contributed by atoms with Gasteiger partial charge in [0.2, 0.25) is 0 Å². The number of halogens is 2. The van der Waals surface area contributed by atoms with Gasteiger partial charge in [-0.3, -0.25) is 4.79 Å². The second-order valence-electron chi connectivity index (χ2n) is 5.38. The lowest BCUT2D eigenvalue weighted by atomic mass is 10.2. The molecule has 0 spiro atoms. The summed E-state index contributed by atoms with van der Waals surface area (Å²) < 4.78 is 10.9. The van der Waals surface area contributed by atoms with E-state index in [4.69, 9.17) is 37.8 Å². The van der Waals surface area contributed by atoms with Crippen LogP contribution in [0.4, 0.5) is 0 Å². The maximum atomic E-state index is 12.5. The van der Waals surface area contributed by atoms with E-state index >= 15 is 0 Å². The van der Waals surface area contributed by atoms with Gasteiger partial charge in [-0.2, -0.15) is 0 Å². The highest BCUT2D eigenvalue weighted by Crippen LogP contribution is 2.25. The van der Waals surface area contributed by atoms with Crippen molar-refractivity contribution in [1.29, 1.82) is 0 Å². The summed E-state index contributed by atoms with van der Waals surface area (Å²) in [6.45, 7) is 3.61. The molecule has 0 radical (unpaired) electrons. The molecule has 1 amide bonds. The minimum atomic E-state index is -1.09. The summed E-state index contributed by atoms with van der Waals surface area (Å²) in [6.07, 6.45) is -2.19. The molecule has 8 heteroatoms. The molecule has 1 heterocycles. The molecule has 2 unspecified atom stereocenters. The molecule has 126 valence electrons. The summed E-state index contributed by atoms with van der Waals surface area (Å²) in [5.74, 6) is -1.04. The van der Waals surface area contributed by atoms with Gasteiger partial charge in [0.1, 0.15) is 5.75 Å². The van der Waals surface area contributed by atoms with Gasteiger partial charge in [-0.25, -0.2) is 4.79 Å². The number of hydrogen-bond acceptors (Lipinski definition) is 4. The summed E-state index contributed by atoms with van der Waals surface area (Å²) in [4.78, 5) is 25.0. The van der Waals surface area contributed by atoms with Crippen LogP contribution in [0.25, 0.3) is 0 Å². The van der Waals surface area contributed by atoms with Crippen molar-refractivity contribution >= 4 is 35.1 Å². The summed E-state index contributed by atoms with van der Waals surface area (Å²) in [6, 6.07) is 4.67. The maximum absolute atomic E-state index is 12.5. The number of amides is 1. The van der Waals surface area contributed by atoms with Gasteiger partial charge in [0.25, 0.3) is 5.91 Å². The Morgan fingerprint density at radius 3 is 2.48 bits per heavy atom. The van der Waals surface area contributed by atoms with Crippen LogP contribution in [0.1, 0.15) is 13.8 Å². The molecule has 2 rings (SSSR count). The highest BCUT2D eigenvalue weighted by Gasteiger charge is 2.34. The van der Waals surface area contributed by atoms with Crippen LogP contribution in [0, 0.1) is 0 Å². The first-order valence-corrected chi connectivity index (χ1v) is 7.81. The van der Waals surface area contributed by atoms with Crippen molar-refractivity contribution in [2.75, 3.05) is 13.1 Å². The fraction of sp³-hybridized carbons (Fsp3) is 0.467. The number of hydrogen-bond donors (Lipinski definition) is 1. The lowest BCUT2D eigenvalue weighted by molar-refractivity contribution is -0.168. The van der Waals surface area contributed by atoms with Crippen molar-refractivity contribution in [3.8, 4) is 5.75 Å². The van der Waals surface area contributed by atoms with Gasteiger partial charge in [-0.15, -0.1) is 0 Å². The second kappa shape index (κ2) is 7.38. The Bertz CT molecular complexity index is 589. The molecule has 1 aliphatic heterocycles. The molecule has 6 nitrogen and oxygen atoms in total. The quantitative estimate of drug-likeness (QED) is 0.891. The third kappa shape index (κ3) is 4.73. The van der Waals surface area contributed by atoms with E-state index in [0.717, 1.165) is 0 Å². The van der Waals surface area contributed by atoms with E-state index in [1.165, 1.54) is 4.90 Å². The monoisotopic (exact) mass is 361 g/mol. The van der Waals surface area contributed by atoms with Crippen molar-refractivity contribution in [3.05, 3.63) is 28.2 Å². The Hall–Kier alpha value is -1.50. The zero-order valence-corrected chi connectivity index (χ0v) is 14.2. The topological polar surface area (TPSA) is 76.1 Å². The van der Waals surface area contributed by atoms with Crippen molar-refractivity contribution in [2.45, 2.75) is 32.2 Å². The third-order valence-corrected chi connectivity index (χ3v) is 3.78. The predicted molar refractivity (Wildman–Crippen MR) is 85.1 cm³/mol. The molecular formula is C15H17Cl2NO5. The fourth-order valence-electron chi connectivity index (χ4n) is 2.38. The number of aliphatic carboxylic acids is 1. The van der Waals surface area contributed by atoms with Crippen LogP contribution >= 0.6 is 23.2 Å². The number of nitrogens with zero attached hydrogens (tertiary/aromatic N) is 1. The number of ether oxygens (including phenoxy) is 2. The van der Waals surface area contributed by atoms with Crippen LogP contribution in [-0.2, 0) is 14.3 Å². The largest absolute Gasteiger partial charge is 0.481 e. The number of benzene rings is 1. The van der Waals surface area contributed by atoms with Gasteiger partial charge in [0, 0.05) is 16.6 Å². The SMILES string of the molecule is CC(Oc1cc(Cl)cc(Cl)c1)C(=O)N1CC(C(=O)O)O[C@H](C)C1. The van der Waals surface area contributed by atoms with Crippen LogP contribution < -0.4 is 4.74 Å². The lowest BCUT2D eigenvalue weighted by Gasteiger charge is -2.36. The molecule has 1 N–H and O–H groups in total. The van der Waals surface area contributed by atoms with Crippen LogP contribution in [0.15, 0.2) is 18.2 Å². The Morgan fingerprint density at radius 2 is 1.91 bits per heavy atom. The van der Waals surface area contributed by atoms with E-state index in [9.17, 15) is 9.59 Å². The number of carbonyl (C=O) groups is 2. The highest BCUT2D eigenvalue weighted by molar-refractivity contribution is 6.34. The number of carboxylic acids is 1. The first-order chi connectivity index (χ1) is 10.8. The van der Waals surface area contributed by atoms with E-state index in [0.29, 0.717) is 22.3 Å². The van der Waals surface area contributed by atoms with E-state index in [1.54, 1.807) is 32.0 Å². The molecule has 1 aromatic carbocycles. The first kappa shape index (κ1) is 17.8. The third-order valence-electron chi connectivity index (χ3n) is 3.34. The minimum absolute atomic E-state index is 0.0114. The summed E-state index contributed by atoms with van der Waals surface area (Å²) >= 11 is 11.8. The first-order valence-electron chi connectivity index (χ1n) is 7.06. The van der Waals surface area contributed by atoms with Gasteiger partial charge in [-0.05, 0) is 32.0 Å². The van der Waals surface area contributed by atoms with Gasteiger partial charge >= 0.3 is 5.97 Å². The molecular weight excluding hydrogens is 345 g/mol. The molecule has 1 fully saturated rings. The van der Waals surface area contributed by atoms with Crippen LogP contribution in [-0.4, -0.2) is 53.3 Å². The molecule has 3 atom stereocenters. The van der Waals surface area contributed by atoms with Gasteiger partial charge in [0.05, 0.1) is 12.6 Å². The van der Waals surface area contributed by atoms with Crippen molar-refractivity contribution in [3.63, 3.8) is 0 Å². The minimum Gasteiger partial charge on any atom is -0.481 e. The van der Waals surface area contributed by atoms with Crippen LogP contribution in [0.2, 0.25) is 10.0 Å². The average Bonchev–Trinajstić information content (AvgIpc) is 2.44.